The molecule has 0 bridgehead atoms. The highest BCUT2D eigenvalue weighted by Gasteiger charge is 2.35. The van der Waals surface area contributed by atoms with E-state index in [4.69, 9.17) is 0 Å². The fraction of sp³-hybridized carbons (Fsp3) is 0.632. The molecule has 0 amide bonds. The Morgan fingerprint density at radius 3 is 2.36 bits per heavy atom. The van der Waals surface area contributed by atoms with Crippen LogP contribution in [-0.4, -0.2) is 31.9 Å². The van der Waals surface area contributed by atoms with Gasteiger partial charge in [-0.25, -0.2) is 4.98 Å². The molecular formula is C19H36N2O4. The van der Waals surface area contributed by atoms with Crippen LogP contribution in [0.15, 0.2) is 24.2 Å². The monoisotopic (exact) mass is 356 g/mol. The smallest absolute Gasteiger partial charge is 0.0921 e. The van der Waals surface area contributed by atoms with E-state index in [1.165, 1.54) is 44.2 Å². The molecule has 2 aliphatic carbocycles. The molecule has 1 fully saturated rings. The summed E-state index contributed by atoms with van der Waals surface area (Å²) in [7, 11) is 0. The third-order valence-corrected chi connectivity index (χ3v) is 4.99. The summed E-state index contributed by atoms with van der Waals surface area (Å²) in [6, 6.07) is 0. The van der Waals surface area contributed by atoms with Crippen molar-refractivity contribution in [1.82, 2.24) is 9.97 Å². The SMILES string of the molecule is CC#CC.C[C@@]12CCCCC1=C[C@@H](Cc1cnc[nH]1)CC2.O.O.O.O. The molecule has 25 heavy (non-hydrogen) atoms. The fourth-order valence-corrected chi connectivity index (χ4v) is 3.57. The van der Waals surface area contributed by atoms with E-state index in [1.54, 1.807) is 11.9 Å². The first-order valence-electron chi connectivity index (χ1n) is 8.20. The van der Waals surface area contributed by atoms with Crippen LogP contribution in [0.1, 0.15) is 65.0 Å². The van der Waals surface area contributed by atoms with Gasteiger partial charge in [-0.05, 0) is 63.7 Å². The quantitative estimate of drug-likeness (QED) is 0.620. The van der Waals surface area contributed by atoms with E-state index >= 15 is 0 Å². The van der Waals surface area contributed by atoms with Crippen molar-refractivity contribution in [3.8, 4) is 11.8 Å². The van der Waals surface area contributed by atoms with Gasteiger partial charge in [0, 0.05) is 11.9 Å². The number of imidazole rings is 1. The van der Waals surface area contributed by atoms with Crippen LogP contribution < -0.4 is 0 Å². The minimum absolute atomic E-state index is 0. The summed E-state index contributed by atoms with van der Waals surface area (Å²) in [5, 5.41) is 0. The van der Waals surface area contributed by atoms with E-state index in [0.29, 0.717) is 5.41 Å². The van der Waals surface area contributed by atoms with Gasteiger partial charge in [0.1, 0.15) is 0 Å². The number of hydrogen-bond donors (Lipinski definition) is 1. The Morgan fingerprint density at radius 2 is 1.80 bits per heavy atom. The summed E-state index contributed by atoms with van der Waals surface area (Å²) in [6.45, 7) is 6.12. The molecule has 1 aromatic rings. The summed E-state index contributed by atoms with van der Waals surface area (Å²) in [6.07, 6.45) is 15.8. The molecule has 2 atom stereocenters. The zero-order valence-corrected chi connectivity index (χ0v) is 15.7. The van der Waals surface area contributed by atoms with Gasteiger partial charge in [0.15, 0.2) is 0 Å². The highest BCUT2D eigenvalue weighted by Crippen LogP contribution is 2.48. The normalized spacial score (nSPS) is 23.0. The van der Waals surface area contributed by atoms with Crippen molar-refractivity contribution in [2.75, 3.05) is 0 Å². The first-order chi connectivity index (χ1) is 10.2. The molecular weight excluding hydrogens is 320 g/mol. The maximum absolute atomic E-state index is 4.11. The van der Waals surface area contributed by atoms with Crippen LogP contribution in [0.3, 0.4) is 0 Å². The lowest BCUT2D eigenvalue weighted by molar-refractivity contribution is 0.241. The zero-order valence-electron chi connectivity index (χ0n) is 15.7. The van der Waals surface area contributed by atoms with E-state index in [-0.39, 0.29) is 21.9 Å². The summed E-state index contributed by atoms with van der Waals surface area (Å²) in [5.41, 5.74) is 3.58. The lowest BCUT2D eigenvalue weighted by Gasteiger charge is -2.41. The summed E-state index contributed by atoms with van der Waals surface area (Å²) in [4.78, 5) is 7.33. The number of rotatable bonds is 2. The maximum Gasteiger partial charge on any atom is 0.0921 e. The number of hydrogen-bond acceptors (Lipinski definition) is 1. The van der Waals surface area contributed by atoms with Gasteiger partial charge < -0.3 is 26.9 Å². The predicted molar refractivity (Wildman–Crippen MR) is 103 cm³/mol. The lowest BCUT2D eigenvalue weighted by Crippen LogP contribution is -2.28. The Balaban J connectivity index is -0.000000554. The second kappa shape index (κ2) is 13.6. The highest BCUT2D eigenvalue weighted by atomic mass is 16.0. The molecule has 1 aromatic heterocycles. The van der Waals surface area contributed by atoms with Gasteiger partial charge in [-0.15, -0.1) is 11.8 Å². The van der Waals surface area contributed by atoms with Crippen LogP contribution in [0.4, 0.5) is 0 Å². The van der Waals surface area contributed by atoms with Crippen LogP contribution >= 0.6 is 0 Å². The van der Waals surface area contributed by atoms with Crippen molar-refractivity contribution in [1.29, 1.82) is 0 Å². The molecule has 0 radical (unpaired) electrons. The Labute approximate surface area is 151 Å². The summed E-state index contributed by atoms with van der Waals surface area (Å²) < 4.78 is 0. The molecule has 3 rings (SSSR count). The fourth-order valence-electron chi connectivity index (χ4n) is 3.57. The van der Waals surface area contributed by atoms with Gasteiger partial charge in [-0.2, -0.15) is 0 Å². The molecule has 146 valence electrons. The van der Waals surface area contributed by atoms with Gasteiger partial charge in [-0.3, -0.25) is 0 Å². The van der Waals surface area contributed by atoms with Gasteiger partial charge >= 0.3 is 0 Å². The third kappa shape index (κ3) is 7.84. The Hall–Kier alpha value is -1.65. The minimum Gasteiger partial charge on any atom is -0.412 e. The summed E-state index contributed by atoms with van der Waals surface area (Å²) >= 11 is 0. The second-order valence-corrected chi connectivity index (χ2v) is 6.54. The van der Waals surface area contributed by atoms with Crippen molar-refractivity contribution in [3.05, 3.63) is 29.9 Å². The average molecular weight is 357 g/mol. The number of nitrogens with zero attached hydrogens (tertiary/aromatic N) is 1. The van der Waals surface area contributed by atoms with Crippen LogP contribution in [-0.2, 0) is 6.42 Å². The average Bonchev–Trinajstić information content (AvgIpc) is 3.01. The van der Waals surface area contributed by atoms with Gasteiger partial charge in [0.25, 0.3) is 0 Å². The number of H-pyrrole nitrogens is 1. The van der Waals surface area contributed by atoms with Crippen molar-refractivity contribution < 1.29 is 21.9 Å². The van der Waals surface area contributed by atoms with E-state index in [1.807, 2.05) is 20.0 Å². The largest absolute Gasteiger partial charge is 0.412 e. The number of nitrogens with one attached hydrogen (secondary N) is 1. The molecule has 6 heteroatoms. The molecule has 0 aromatic carbocycles. The first kappa shape index (κ1) is 28.2. The number of allylic oxidation sites excluding steroid dienone is 2. The number of aromatic nitrogens is 2. The Kier molecular flexibility index (Phi) is 15.3. The van der Waals surface area contributed by atoms with Gasteiger partial charge in [0.2, 0.25) is 0 Å². The lowest BCUT2D eigenvalue weighted by atomic mass is 9.64. The molecule has 0 aliphatic heterocycles. The third-order valence-electron chi connectivity index (χ3n) is 4.99. The standard InChI is InChI=1S/C15H22N2.C4H6.4H2O/c1-15-6-3-2-4-13(15)8-12(5-7-15)9-14-10-16-11-17-14;1-3-4-2;;;;/h8,10-12H,2-7,9H2,1H3,(H,16,17);1-2H3;4*1H2/t12-,15-;;;;;/m0...../s1. The topological polar surface area (TPSA) is 155 Å². The summed E-state index contributed by atoms with van der Waals surface area (Å²) in [5.74, 6) is 6.09. The zero-order chi connectivity index (χ0) is 15.1. The van der Waals surface area contributed by atoms with Crippen LogP contribution in [0.2, 0.25) is 0 Å². The van der Waals surface area contributed by atoms with E-state index < -0.39 is 0 Å². The number of aromatic amines is 1. The van der Waals surface area contributed by atoms with Gasteiger partial charge in [0.05, 0.1) is 6.33 Å². The molecule has 0 spiro atoms. The predicted octanol–water partition coefficient (Wildman–Crippen LogP) is 1.60. The second-order valence-electron chi connectivity index (χ2n) is 6.54. The van der Waals surface area contributed by atoms with Crippen molar-refractivity contribution in [2.24, 2.45) is 11.3 Å². The highest BCUT2D eigenvalue weighted by molar-refractivity contribution is 5.21. The molecule has 6 nitrogen and oxygen atoms in total. The van der Waals surface area contributed by atoms with Crippen molar-refractivity contribution in [2.45, 2.75) is 65.7 Å². The molecule has 1 saturated carbocycles. The first-order valence-corrected chi connectivity index (χ1v) is 8.20. The van der Waals surface area contributed by atoms with Crippen LogP contribution in [0, 0.1) is 23.2 Å². The van der Waals surface area contributed by atoms with E-state index in [2.05, 4.69) is 34.8 Å². The van der Waals surface area contributed by atoms with E-state index in [9.17, 15) is 0 Å². The van der Waals surface area contributed by atoms with Crippen LogP contribution in [0.25, 0.3) is 0 Å². The Morgan fingerprint density at radius 1 is 1.12 bits per heavy atom. The Bertz CT molecular complexity index is 525. The minimum atomic E-state index is 0. The van der Waals surface area contributed by atoms with Crippen molar-refractivity contribution in [3.63, 3.8) is 0 Å². The van der Waals surface area contributed by atoms with Gasteiger partial charge in [-0.1, -0.05) is 25.0 Å². The van der Waals surface area contributed by atoms with Crippen molar-refractivity contribution >= 4 is 0 Å². The molecule has 1 heterocycles. The van der Waals surface area contributed by atoms with Crippen LogP contribution in [0.5, 0.6) is 0 Å². The molecule has 0 unspecified atom stereocenters. The molecule has 0 saturated heterocycles. The number of fused-ring (bicyclic) bond motifs is 1. The molecule has 2 aliphatic rings. The van der Waals surface area contributed by atoms with E-state index in [0.717, 1.165) is 12.3 Å². The maximum atomic E-state index is 4.11. The molecule has 9 N–H and O–H groups in total.